The van der Waals surface area contributed by atoms with Gasteiger partial charge in [0, 0.05) is 30.4 Å². The summed E-state index contributed by atoms with van der Waals surface area (Å²) in [5.41, 5.74) is 2.95. The van der Waals surface area contributed by atoms with Crippen molar-refractivity contribution in [1.29, 1.82) is 0 Å². The number of rotatable bonds is 5. The molecule has 0 radical (unpaired) electrons. The number of piperidine rings is 1. The van der Waals surface area contributed by atoms with E-state index in [0.29, 0.717) is 36.4 Å². The third-order valence-electron chi connectivity index (χ3n) is 6.26. The molecule has 0 saturated carbocycles. The highest BCUT2D eigenvalue weighted by Crippen LogP contribution is 2.35. The van der Waals surface area contributed by atoms with E-state index in [1.807, 2.05) is 6.92 Å². The Morgan fingerprint density at radius 3 is 2.36 bits per heavy atom. The highest BCUT2D eigenvalue weighted by atomic mass is 32.2. The number of fused-ring (bicyclic) bond motifs is 1. The van der Waals surface area contributed by atoms with Crippen LogP contribution in [0.5, 0.6) is 0 Å². The van der Waals surface area contributed by atoms with Crippen LogP contribution in [-0.2, 0) is 26.5 Å². The first-order valence-electron chi connectivity index (χ1n) is 11.0. The Bertz CT molecular complexity index is 1300. The molecule has 0 spiro atoms. The molecule has 178 valence electrons. The molecule has 1 atom stereocenters. The lowest BCUT2D eigenvalue weighted by Crippen LogP contribution is -2.35. The van der Waals surface area contributed by atoms with E-state index in [2.05, 4.69) is 5.32 Å². The number of carbonyl (C=O) groups excluding carboxylic acids is 1. The summed E-state index contributed by atoms with van der Waals surface area (Å²) in [5.74, 6) is -0.376. The maximum Gasteiger partial charge on any atom is 0.255 e. The predicted octanol–water partition coefficient (Wildman–Crippen LogP) is 3.13. The van der Waals surface area contributed by atoms with Crippen molar-refractivity contribution >= 4 is 37.3 Å². The molecule has 8 nitrogen and oxygen atoms in total. The monoisotopic (exact) mass is 491 g/mol. The lowest BCUT2D eigenvalue weighted by atomic mass is 10.1. The van der Waals surface area contributed by atoms with Gasteiger partial charge in [0.15, 0.2) is 0 Å². The molecule has 2 aromatic carbocycles. The lowest BCUT2D eigenvalue weighted by molar-refractivity contribution is 0.102. The number of carbonyl (C=O) groups is 1. The molecule has 2 aliphatic rings. The van der Waals surface area contributed by atoms with Crippen molar-refractivity contribution in [3.8, 4) is 0 Å². The molecule has 1 fully saturated rings. The molecule has 0 bridgehead atoms. The van der Waals surface area contributed by atoms with Crippen LogP contribution >= 0.6 is 0 Å². The van der Waals surface area contributed by atoms with Gasteiger partial charge < -0.3 is 5.32 Å². The standard InChI is InChI=1S/C23H29N3O5S2/c1-16-7-9-20(33(30,31)25-11-5-4-6-12-25)15-21(16)24-23(27)18-8-10-22-19(14-18)13-17(2)26(22)32(3,28)29/h7-10,14-15,17H,4-6,11-13H2,1-3H3,(H,24,27)/t17-/m1/s1. The van der Waals surface area contributed by atoms with Gasteiger partial charge in [-0.3, -0.25) is 9.10 Å². The number of sulfonamides is 2. The van der Waals surface area contributed by atoms with Gasteiger partial charge in [-0.2, -0.15) is 4.31 Å². The van der Waals surface area contributed by atoms with Crippen LogP contribution in [0, 0.1) is 6.92 Å². The summed E-state index contributed by atoms with van der Waals surface area (Å²) in [5, 5.41) is 2.83. The minimum atomic E-state index is -3.62. The van der Waals surface area contributed by atoms with Crippen LogP contribution < -0.4 is 9.62 Å². The Hall–Kier alpha value is -2.43. The highest BCUT2D eigenvalue weighted by Gasteiger charge is 2.33. The lowest BCUT2D eigenvalue weighted by Gasteiger charge is -2.26. The number of hydrogen-bond donors (Lipinski definition) is 1. The molecular weight excluding hydrogens is 462 g/mol. The van der Waals surface area contributed by atoms with Crippen molar-refractivity contribution in [2.24, 2.45) is 0 Å². The second-order valence-electron chi connectivity index (χ2n) is 8.85. The number of nitrogens with one attached hydrogen (secondary N) is 1. The molecule has 1 amide bonds. The molecular formula is C23H29N3O5S2. The van der Waals surface area contributed by atoms with Gasteiger partial charge >= 0.3 is 0 Å². The molecule has 0 aromatic heterocycles. The molecule has 10 heteroatoms. The Morgan fingerprint density at radius 2 is 1.70 bits per heavy atom. The quantitative estimate of drug-likeness (QED) is 0.692. The van der Waals surface area contributed by atoms with Crippen LogP contribution in [0.1, 0.15) is 47.7 Å². The average molecular weight is 492 g/mol. The second kappa shape index (κ2) is 8.73. The molecule has 2 aromatic rings. The number of nitrogens with zero attached hydrogens (tertiary/aromatic N) is 2. The van der Waals surface area contributed by atoms with Crippen molar-refractivity contribution in [3.05, 3.63) is 53.1 Å². The fraction of sp³-hybridized carbons (Fsp3) is 0.435. The average Bonchev–Trinajstić information content (AvgIpc) is 3.11. The largest absolute Gasteiger partial charge is 0.322 e. The molecule has 2 aliphatic heterocycles. The summed E-state index contributed by atoms with van der Waals surface area (Å²) in [6.45, 7) is 4.66. The van der Waals surface area contributed by atoms with Crippen molar-refractivity contribution in [2.45, 2.75) is 50.5 Å². The molecule has 4 rings (SSSR count). The normalized spacial score (nSPS) is 19.4. The van der Waals surface area contributed by atoms with E-state index in [-0.39, 0.29) is 16.8 Å². The zero-order chi connectivity index (χ0) is 24.0. The van der Waals surface area contributed by atoms with Crippen LogP contribution in [0.2, 0.25) is 0 Å². The van der Waals surface area contributed by atoms with E-state index >= 15 is 0 Å². The molecule has 2 heterocycles. The SMILES string of the molecule is Cc1ccc(S(=O)(=O)N2CCCCC2)cc1NC(=O)c1ccc2c(c1)C[C@@H](C)N2S(C)(=O)=O. The van der Waals surface area contributed by atoms with Crippen LogP contribution in [0.15, 0.2) is 41.3 Å². The van der Waals surface area contributed by atoms with Gasteiger partial charge in [-0.05, 0) is 74.6 Å². The summed E-state index contributed by atoms with van der Waals surface area (Å²) in [6, 6.07) is 9.51. The minimum absolute atomic E-state index is 0.164. The Balaban J connectivity index is 1.58. The van der Waals surface area contributed by atoms with Gasteiger partial charge in [0.05, 0.1) is 16.8 Å². The number of aryl methyl sites for hydroxylation is 1. The van der Waals surface area contributed by atoms with Crippen molar-refractivity contribution in [3.63, 3.8) is 0 Å². The van der Waals surface area contributed by atoms with E-state index < -0.39 is 20.0 Å². The molecule has 33 heavy (non-hydrogen) atoms. The number of benzene rings is 2. The Morgan fingerprint density at radius 1 is 1.00 bits per heavy atom. The van der Waals surface area contributed by atoms with Gasteiger partial charge in [-0.1, -0.05) is 12.5 Å². The van der Waals surface area contributed by atoms with E-state index in [1.165, 1.54) is 20.9 Å². The number of anilines is 2. The van der Waals surface area contributed by atoms with Gasteiger partial charge in [0.25, 0.3) is 5.91 Å². The van der Waals surface area contributed by atoms with Gasteiger partial charge in [-0.25, -0.2) is 16.8 Å². The van der Waals surface area contributed by atoms with Gasteiger partial charge in [0.2, 0.25) is 20.0 Å². The topological polar surface area (TPSA) is 104 Å². The van der Waals surface area contributed by atoms with E-state index in [0.717, 1.165) is 30.4 Å². The molecule has 1 N–H and O–H groups in total. The first-order chi connectivity index (χ1) is 15.5. The van der Waals surface area contributed by atoms with Crippen LogP contribution in [0.3, 0.4) is 0 Å². The molecule has 0 unspecified atom stereocenters. The van der Waals surface area contributed by atoms with Crippen molar-refractivity contribution in [1.82, 2.24) is 4.31 Å². The Kier molecular flexibility index (Phi) is 6.28. The number of amides is 1. The third kappa shape index (κ3) is 4.64. The number of hydrogen-bond acceptors (Lipinski definition) is 5. The Labute approximate surface area is 195 Å². The van der Waals surface area contributed by atoms with Crippen molar-refractivity contribution in [2.75, 3.05) is 29.0 Å². The minimum Gasteiger partial charge on any atom is -0.322 e. The zero-order valence-electron chi connectivity index (χ0n) is 19.0. The van der Waals surface area contributed by atoms with Crippen molar-refractivity contribution < 1.29 is 21.6 Å². The fourth-order valence-corrected chi connectivity index (χ4v) is 7.40. The second-order valence-corrected chi connectivity index (χ2v) is 12.6. The molecule has 1 saturated heterocycles. The van der Waals surface area contributed by atoms with E-state index in [4.69, 9.17) is 0 Å². The summed E-state index contributed by atoms with van der Waals surface area (Å²) in [6.07, 6.45) is 4.42. The summed E-state index contributed by atoms with van der Waals surface area (Å²) in [7, 11) is -7.03. The molecule has 0 aliphatic carbocycles. The maximum absolute atomic E-state index is 13.0. The first-order valence-corrected chi connectivity index (χ1v) is 14.3. The van der Waals surface area contributed by atoms with Crippen LogP contribution in [0.4, 0.5) is 11.4 Å². The summed E-state index contributed by atoms with van der Waals surface area (Å²) in [4.78, 5) is 13.1. The predicted molar refractivity (Wildman–Crippen MR) is 129 cm³/mol. The maximum atomic E-state index is 13.0. The highest BCUT2D eigenvalue weighted by molar-refractivity contribution is 7.92. The first kappa shape index (κ1) is 23.7. The third-order valence-corrected chi connectivity index (χ3v) is 9.43. The smallest absolute Gasteiger partial charge is 0.255 e. The van der Waals surface area contributed by atoms with E-state index in [9.17, 15) is 21.6 Å². The van der Waals surface area contributed by atoms with Crippen LogP contribution in [0.25, 0.3) is 0 Å². The zero-order valence-corrected chi connectivity index (χ0v) is 20.7. The summed E-state index contributed by atoms with van der Waals surface area (Å²) >= 11 is 0. The van der Waals surface area contributed by atoms with Gasteiger partial charge in [-0.15, -0.1) is 0 Å². The van der Waals surface area contributed by atoms with Gasteiger partial charge in [0.1, 0.15) is 0 Å². The summed E-state index contributed by atoms with van der Waals surface area (Å²) < 4.78 is 53.2. The van der Waals surface area contributed by atoms with E-state index in [1.54, 1.807) is 37.3 Å². The van der Waals surface area contributed by atoms with Crippen LogP contribution in [-0.4, -0.2) is 52.4 Å². The fourth-order valence-electron chi connectivity index (χ4n) is 4.59.